The Bertz CT molecular complexity index is 393. The molecule has 0 spiro atoms. The summed E-state index contributed by atoms with van der Waals surface area (Å²) in [6, 6.07) is 0.161. The Hall–Kier alpha value is -0.620. The minimum atomic E-state index is 0.112. The zero-order chi connectivity index (χ0) is 13.1. The highest BCUT2D eigenvalue weighted by Gasteiger charge is 2.35. The van der Waals surface area contributed by atoms with Crippen LogP contribution in [0.15, 0.2) is 6.20 Å². The summed E-state index contributed by atoms with van der Waals surface area (Å²) in [5, 5.41) is 3.85. The van der Waals surface area contributed by atoms with E-state index in [1.54, 1.807) is 6.20 Å². The molecule has 6 heteroatoms. The molecule has 2 rings (SSSR count). The van der Waals surface area contributed by atoms with Crippen molar-refractivity contribution in [3.63, 3.8) is 0 Å². The molecule has 1 aliphatic heterocycles. The summed E-state index contributed by atoms with van der Waals surface area (Å²) in [6.07, 6.45) is 1.82. The Labute approximate surface area is 113 Å². The van der Waals surface area contributed by atoms with Crippen LogP contribution >= 0.6 is 11.6 Å². The highest BCUT2D eigenvalue weighted by atomic mass is 35.5. The second kappa shape index (κ2) is 6.02. The van der Waals surface area contributed by atoms with Crippen molar-refractivity contribution in [3.05, 3.63) is 17.2 Å². The summed E-state index contributed by atoms with van der Waals surface area (Å²) < 4.78 is 7.82. The van der Waals surface area contributed by atoms with Gasteiger partial charge < -0.3 is 14.6 Å². The topological polar surface area (TPSA) is 42.3 Å². The van der Waals surface area contributed by atoms with E-state index in [4.69, 9.17) is 16.3 Å². The molecule has 0 aliphatic carbocycles. The predicted octanol–water partition coefficient (Wildman–Crippen LogP) is 1.05. The van der Waals surface area contributed by atoms with Gasteiger partial charge in [0.25, 0.3) is 0 Å². The summed E-state index contributed by atoms with van der Waals surface area (Å²) >= 11 is 6.09. The van der Waals surface area contributed by atoms with E-state index in [-0.39, 0.29) is 12.1 Å². The van der Waals surface area contributed by atoms with Gasteiger partial charge in [-0.15, -0.1) is 0 Å². The molecular formula is C12H21ClN4O. The van der Waals surface area contributed by atoms with Crippen molar-refractivity contribution in [2.24, 2.45) is 7.05 Å². The number of hydrogen-bond acceptors (Lipinski definition) is 4. The van der Waals surface area contributed by atoms with E-state index in [1.165, 1.54) is 0 Å². The first-order valence-corrected chi connectivity index (χ1v) is 6.74. The minimum absolute atomic E-state index is 0.112. The van der Waals surface area contributed by atoms with E-state index >= 15 is 0 Å². The van der Waals surface area contributed by atoms with Crippen LogP contribution in [0.1, 0.15) is 18.8 Å². The number of nitrogens with one attached hydrogen (secondary N) is 1. The first-order valence-electron chi connectivity index (χ1n) is 6.36. The van der Waals surface area contributed by atoms with Crippen LogP contribution in [0.2, 0.25) is 5.15 Å². The smallest absolute Gasteiger partial charge is 0.129 e. The van der Waals surface area contributed by atoms with Crippen LogP contribution in [0.3, 0.4) is 0 Å². The van der Waals surface area contributed by atoms with Gasteiger partial charge in [-0.25, -0.2) is 4.98 Å². The highest BCUT2D eigenvalue weighted by molar-refractivity contribution is 6.29. The van der Waals surface area contributed by atoms with Gasteiger partial charge in [0.1, 0.15) is 11.0 Å². The number of rotatable bonds is 4. The maximum absolute atomic E-state index is 6.09. The molecule has 2 atom stereocenters. The average molecular weight is 273 g/mol. The maximum Gasteiger partial charge on any atom is 0.129 e. The number of morpholine rings is 1. The molecular weight excluding hydrogens is 252 g/mol. The molecule has 102 valence electrons. The number of aromatic nitrogens is 2. The van der Waals surface area contributed by atoms with E-state index in [0.717, 1.165) is 32.1 Å². The fourth-order valence-corrected chi connectivity index (χ4v) is 2.66. The van der Waals surface area contributed by atoms with Crippen LogP contribution < -0.4 is 5.32 Å². The van der Waals surface area contributed by atoms with Gasteiger partial charge in [0.05, 0.1) is 24.9 Å². The molecule has 0 radical (unpaired) electrons. The van der Waals surface area contributed by atoms with E-state index in [2.05, 4.69) is 22.1 Å². The third kappa shape index (κ3) is 2.54. The molecule has 1 aliphatic rings. The second-order valence-electron chi connectivity index (χ2n) is 4.54. The van der Waals surface area contributed by atoms with Gasteiger partial charge in [-0.1, -0.05) is 18.5 Å². The van der Waals surface area contributed by atoms with Crippen molar-refractivity contribution >= 4 is 11.6 Å². The van der Waals surface area contributed by atoms with Crippen molar-refractivity contribution in [1.29, 1.82) is 0 Å². The predicted molar refractivity (Wildman–Crippen MR) is 71.9 cm³/mol. The lowest BCUT2D eigenvalue weighted by Gasteiger charge is -2.40. The second-order valence-corrected chi connectivity index (χ2v) is 4.93. The number of imidazole rings is 1. The van der Waals surface area contributed by atoms with Crippen LogP contribution in [0.25, 0.3) is 0 Å². The lowest BCUT2D eigenvalue weighted by atomic mass is 10.1. The summed E-state index contributed by atoms with van der Waals surface area (Å²) in [4.78, 5) is 6.84. The van der Waals surface area contributed by atoms with E-state index < -0.39 is 0 Å². The van der Waals surface area contributed by atoms with Gasteiger partial charge >= 0.3 is 0 Å². The molecule has 1 aromatic rings. The number of ether oxygens (including phenoxy) is 1. The standard InChI is InChI=1S/C12H21ClN4O/c1-4-17-5-6-18-9(7-14-2)11(17)12-15-8-10(13)16(12)3/h8-9,11,14H,4-7H2,1-3H3. The molecule has 5 nitrogen and oxygen atoms in total. The normalized spacial score (nSPS) is 25.6. The number of nitrogens with zero attached hydrogens (tertiary/aromatic N) is 3. The first kappa shape index (κ1) is 13.8. The lowest BCUT2D eigenvalue weighted by molar-refractivity contribution is -0.0721. The Kier molecular flexibility index (Phi) is 4.61. The maximum atomic E-state index is 6.09. The zero-order valence-corrected chi connectivity index (χ0v) is 11.9. The largest absolute Gasteiger partial charge is 0.373 e. The summed E-state index contributed by atoms with van der Waals surface area (Å²) in [7, 11) is 3.89. The van der Waals surface area contributed by atoms with Gasteiger partial charge in [0, 0.05) is 20.1 Å². The van der Waals surface area contributed by atoms with Gasteiger partial charge in [0.2, 0.25) is 0 Å². The van der Waals surface area contributed by atoms with Crippen molar-refractivity contribution in [2.45, 2.75) is 19.1 Å². The SMILES string of the molecule is CCN1CCOC(CNC)C1c1ncc(Cl)n1C. The van der Waals surface area contributed by atoms with Crippen LogP contribution in [0.5, 0.6) is 0 Å². The van der Waals surface area contributed by atoms with E-state index in [9.17, 15) is 0 Å². The number of hydrogen-bond donors (Lipinski definition) is 1. The molecule has 2 heterocycles. The Morgan fingerprint density at radius 2 is 2.39 bits per heavy atom. The molecule has 2 unspecified atom stereocenters. The fraction of sp³-hybridized carbons (Fsp3) is 0.750. The van der Waals surface area contributed by atoms with Crippen LogP contribution in [-0.4, -0.2) is 53.8 Å². The zero-order valence-electron chi connectivity index (χ0n) is 11.2. The number of halogens is 1. The summed E-state index contributed by atoms with van der Waals surface area (Å²) in [5.74, 6) is 0.974. The summed E-state index contributed by atoms with van der Waals surface area (Å²) in [6.45, 7) is 5.67. The Morgan fingerprint density at radius 3 is 2.94 bits per heavy atom. The van der Waals surface area contributed by atoms with Gasteiger partial charge in [-0.05, 0) is 13.6 Å². The molecule has 18 heavy (non-hydrogen) atoms. The van der Waals surface area contributed by atoms with Crippen molar-refractivity contribution in [3.8, 4) is 0 Å². The van der Waals surface area contributed by atoms with Crippen LogP contribution in [0, 0.1) is 0 Å². The molecule has 0 aromatic carbocycles. The van der Waals surface area contributed by atoms with Crippen molar-refractivity contribution in [2.75, 3.05) is 33.3 Å². The molecule has 1 fully saturated rings. The van der Waals surface area contributed by atoms with Gasteiger partial charge in [0.15, 0.2) is 0 Å². The molecule has 0 saturated carbocycles. The van der Waals surface area contributed by atoms with Gasteiger partial charge in [-0.2, -0.15) is 0 Å². The monoisotopic (exact) mass is 272 g/mol. The van der Waals surface area contributed by atoms with Crippen LogP contribution in [-0.2, 0) is 11.8 Å². The van der Waals surface area contributed by atoms with E-state index in [0.29, 0.717) is 5.15 Å². The average Bonchev–Trinajstić information content (AvgIpc) is 2.70. The van der Waals surface area contributed by atoms with Crippen LogP contribution in [0.4, 0.5) is 0 Å². The van der Waals surface area contributed by atoms with E-state index in [1.807, 2.05) is 18.7 Å². The molecule has 1 N–H and O–H groups in total. The molecule has 0 amide bonds. The number of likely N-dealkylation sites (N-methyl/N-ethyl adjacent to an activating group) is 2. The Balaban J connectivity index is 2.30. The first-order chi connectivity index (χ1) is 8.69. The minimum Gasteiger partial charge on any atom is -0.373 e. The highest BCUT2D eigenvalue weighted by Crippen LogP contribution is 2.29. The Morgan fingerprint density at radius 1 is 1.61 bits per heavy atom. The third-order valence-corrected chi connectivity index (χ3v) is 3.85. The quantitative estimate of drug-likeness (QED) is 0.890. The summed E-state index contributed by atoms with van der Waals surface area (Å²) in [5.41, 5.74) is 0. The molecule has 0 bridgehead atoms. The third-order valence-electron chi connectivity index (χ3n) is 3.50. The lowest BCUT2D eigenvalue weighted by Crippen LogP contribution is -2.49. The molecule has 1 saturated heterocycles. The molecule has 1 aromatic heterocycles. The van der Waals surface area contributed by atoms with Crippen molar-refractivity contribution < 1.29 is 4.74 Å². The van der Waals surface area contributed by atoms with Crippen molar-refractivity contribution in [1.82, 2.24) is 19.8 Å². The van der Waals surface area contributed by atoms with Gasteiger partial charge in [-0.3, -0.25) is 4.90 Å². The fourth-order valence-electron chi connectivity index (χ4n) is 2.52.